The number of fused-ring (bicyclic) bond motifs is 4. The first-order valence-electron chi connectivity index (χ1n) is 29.8. The molecule has 15 rings (SSSR count). The van der Waals surface area contributed by atoms with E-state index in [2.05, 4.69) is 70.3 Å². The molecule has 0 saturated carbocycles. The van der Waals surface area contributed by atoms with Crippen LogP contribution in [0.15, 0.2) is 84.9 Å². The van der Waals surface area contributed by atoms with Gasteiger partial charge in [0.05, 0.1) is 53.1 Å². The Kier molecular flexibility index (Phi) is 18.2. The molecular weight excluding hydrogens is 1280 g/mol. The van der Waals surface area contributed by atoms with E-state index < -0.39 is 32.2 Å². The fraction of sp³-hybridized carbons (Fsp3) is 0.458. The minimum Gasteiger partial charge on any atom is -0.371 e. The van der Waals surface area contributed by atoms with Crippen molar-refractivity contribution in [3.05, 3.63) is 106 Å². The number of amides is 1. The summed E-state index contributed by atoms with van der Waals surface area (Å²) >= 11 is 20.3. The molecule has 90 heavy (non-hydrogen) atoms. The lowest BCUT2D eigenvalue weighted by atomic mass is 9.73. The number of piperidine rings is 2. The highest BCUT2D eigenvalue weighted by molar-refractivity contribution is 7.88. The molecule has 0 radical (unpaired) electrons. The maximum atomic E-state index is 13.2. The Bertz CT molecular complexity index is 4250. The van der Waals surface area contributed by atoms with E-state index in [0.29, 0.717) is 60.9 Å². The second kappa shape index (κ2) is 25.8. The topological polar surface area (TPSA) is 265 Å². The number of anilines is 5. The highest BCUT2D eigenvalue weighted by Crippen LogP contribution is 2.44. The number of likely N-dealkylation sites (tertiary alicyclic amines) is 1. The van der Waals surface area contributed by atoms with Gasteiger partial charge in [-0.05, 0) is 94.5 Å². The summed E-state index contributed by atoms with van der Waals surface area (Å²) in [5.74, 6) is 0.332. The van der Waals surface area contributed by atoms with Gasteiger partial charge in [-0.1, -0.05) is 34.8 Å². The Labute approximate surface area is 539 Å². The van der Waals surface area contributed by atoms with Crippen molar-refractivity contribution < 1.29 is 30.4 Å². The fourth-order valence-electron chi connectivity index (χ4n) is 13.6. The van der Waals surface area contributed by atoms with Crippen LogP contribution in [0.1, 0.15) is 64.4 Å². The number of thiazole rings is 1. The highest BCUT2D eigenvalue weighted by atomic mass is 35.5. The van der Waals surface area contributed by atoms with E-state index in [1.165, 1.54) is 27.0 Å². The summed E-state index contributed by atoms with van der Waals surface area (Å²) in [6.07, 6.45) is 13.3. The molecule has 480 valence electrons. The summed E-state index contributed by atoms with van der Waals surface area (Å²) in [4.78, 5) is 29.7. The first-order valence-corrected chi connectivity index (χ1v) is 35.2. The van der Waals surface area contributed by atoms with Gasteiger partial charge in [-0.15, -0.1) is 11.3 Å². The van der Waals surface area contributed by atoms with Gasteiger partial charge in [0.25, 0.3) is 16.6 Å². The van der Waals surface area contributed by atoms with Gasteiger partial charge in [0, 0.05) is 192 Å². The first kappa shape index (κ1) is 63.5. The van der Waals surface area contributed by atoms with Crippen molar-refractivity contribution in [2.75, 3.05) is 122 Å². The molecule has 0 bridgehead atoms. The lowest BCUT2D eigenvalue weighted by Crippen LogP contribution is -2.63. The summed E-state index contributed by atoms with van der Waals surface area (Å²) in [5.41, 5.74) is 6.83. The quantitative estimate of drug-likeness (QED) is 0.0901. The van der Waals surface area contributed by atoms with Crippen LogP contribution in [-0.2, 0) is 25.0 Å². The number of carbonyl (C=O) groups is 1. The second-order valence-electron chi connectivity index (χ2n) is 24.5. The fourth-order valence-corrected chi connectivity index (χ4v) is 17.2. The van der Waals surface area contributed by atoms with E-state index in [1.807, 2.05) is 85.3 Å². The van der Waals surface area contributed by atoms with Crippen molar-refractivity contribution in [1.82, 2.24) is 59.3 Å². The molecule has 31 heteroatoms. The smallest absolute Gasteiger partial charge is 0.276 e. The van der Waals surface area contributed by atoms with Crippen molar-refractivity contribution >= 4 is 144 Å². The molecule has 6 fully saturated rings. The number of rotatable bonds is 9. The van der Waals surface area contributed by atoms with Crippen molar-refractivity contribution in [3.8, 4) is 0 Å². The normalized spacial score (nSPS) is 19.4. The van der Waals surface area contributed by atoms with E-state index in [0.717, 1.165) is 168 Å². The molecule has 6 aliphatic rings. The largest absolute Gasteiger partial charge is 0.371 e. The lowest BCUT2D eigenvalue weighted by Gasteiger charge is -2.52. The van der Waals surface area contributed by atoms with E-state index in [4.69, 9.17) is 39.9 Å². The van der Waals surface area contributed by atoms with E-state index in [9.17, 15) is 30.4 Å². The van der Waals surface area contributed by atoms with Gasteiger partial charge < -0.3 is 29.4 Å². The number of carbonyl (C=O) groups excluding carboxylic acids is 1. The summed E-state index contributed by atoms with van der Waals surface area (Å²) in [6, 6.07) is 15.0. The third kappa shape index (κ3) is 13.6. The summed E-state index contributed by atoms with van der Waals surface area (Å²) < 4.78 is 75.8. The lowest BCUT2D eigenvalue weighted by molar-refractivity contribution is -0.130. The van der Waals surface area contributed by atoms with Crippen LogP contribution in [0.5, 0.6) is 0 Å². The Morgan fingerprint density at radius 2 is 1.06 bits per heavy atom. The summed E-state index contributed by atoms with van der Waals surface area (Å²) in [7, 11) is -6.87. The number of aromatic nitrogens is 9. The zero-order valence-electron chi connectivity index (χ0n) is 49.9. The molecule has 1 spiro atoms. The summed E-state index contributed by atoms with van der Waals surface area (Å²) in [5, 5.41) is 42.5. The average Bonchev–Trinajstić information content (AvgIpc) is 1.54. The Hall–Kier alpha value is -6.63. The third-order valence-electron chi connectivity index (χ3n) is 18.1. The van der Waals surface area contributed by atoms with E-state index in [-0.39, 0.29) is 11.0 Å². The second-order valence-corrected chi connectivity index (χ2v) is 30.1. The molecule has 0 aliphatic carbocycles. The number of nitrogens with one attached hydrogen (secondary N) is 4. The van der Waals surface area contributed by atoms with Gasteiger partial charge in [0.15, 0.2) is 5.13 Å². The van der Waals surface area contributed by atoms with Crippen molar-refractivity contribution in [2.24, 2.45) is 10.6 Å². The molecule has 6 N–H and O–H groups in total. The number of hydrogen-bond donors (Lipinski definition) is 5. The monoisotopic (exact) mass is 1350 g/mol. The third-order valence-corrected chi connectivity index (χ3v) is 22.0. The first-order chi connectivity index (χ1) is 43.0. The number of sulfonamides is 1. The molecule has 5 aromatic heterocycles. The highest BCUT2D eigenvalue weighted by Gasteiger charge is 2.49. The minimum atomic E-state index is -3.54. The minimum absolute atomic E-state index is 0.0786. The predicted molar refractivity (Wildman–Crippen MR) is 353 cm³/mol. The van der Waals surface area contributed by atoms with Gasteiger partial charge in [0.2, 0.25) is 15.9 Å². The number of benzene rings is 4. The van der Waals surface area contributed by atoms with Crippen LogP contribution in [0.4, 0.5) is 36.7 Å². The predicted octanol–water partition coefficient (Wildman–Crippen LogP) is 9.49. The summed E-state index contributed by atoms with van der Waals surface area (Å²) in [6.45, 7) is 14.4. The van der Waals surface area contributed by atoms with Gasteiger partial charge in [-0.3, -0.25) is 25.2 Å². The average molecular weight is 1350 g/mol. The number of nitrogens with two attached hydrogens (primary N) is 1. The number of hydrogen-bond acceptors (Lipinski definition) is 16. The van der Waals surface area contributed by atoms with Crippen LogP contribution in [-0.4, -0.2) is 191 Å². The molecule has 6 aliphatic heterocycles. The maximum Gasteiger partial charge on any atom is 0.276 e. The molecule has 0 atom stereocenters. The van der Waals surface area contributed by atoms with Crippen LogP contribution in [0.3, 0.4) is 0 Å². The molecule has 6 saturated heterocycles. The van der Waals surface area contributed by atoms with Crippen molar-refractivity contribution in [2.45, 2.75) is 70.4 Å². The molecule has 11 heterocycles. The van der Waals surface area contributed by atoms with Crippen LogP contribution in [0, 0.1) is 5.41 Å². The Morgan fingerprint density at radius 1 is 0.600 bits per heavy atom. The van der Waals surface area contributed by atoms with Crippen molar-refractivity contribution in [3.63, 3.8) is 0 Å². The number of aromatic amines is 4. The van der Waals surface area contributed by atoms with E-state index in [1.54, 1.807) is 17.5 Å². The van der Waals surface area contributed by atoms with Gasteiger partial charge in [-0.25, -0.2) is 27.3 Å². The van der Waals surface area contributed by atoms with Crippen LogP contribution < -0.4 is 29.6 Å². The number of H-pyrrole nitrogens is 4. The van der Waals surface area contributed by atoms with Crippen LogP contribution in [0.25, 0.3) is 43.6 Å². The molecule has 9 aromatic rings. The molecule has 23 nitrogen and oxygen atoms in total. The number of halogens is 5. The van der Waals surface area contributed by atoms with Crippen molar-refractivity contribution in [1.29, 1.82) is 0 Å². The molecule has 0 unspecified atom stereocenters. The number of nitrogens with zero attached hydrogens (tertiary/aromatic N) is 13. The van der Waals surface area contributed by atoms with Crippen LogP contribution >= 0.6 is 46.1 Å². The van der Waals surface area contributed by atoms with E-state index >= 15 is 0 Å². The maximum absolute atomic E-state index is 13.2. The van der Waals surface area contributed by atoms with Crippen LogP contribution in [0.2, 0.25) is 15.1 Å². The molecule has 1 amide bonds. The number of piperazine rings is 2. The number of alkyl halides is 2. The van der Waals surface area contributed by atoms with Gasteiger partial charge >= 0.3 is 0 Å². The Morgan fingerprint density at radius 3 is 1.49 bits per heavy atom. The van der Waals surface area contributed by atoms with Gasteiger partial charge in [-0.2, -0.15) is 37.4 Å². The molecular formula is C59H71Cl3F2N18O5S3. The molecule has 4 aromatic carbocycles. The zero-order valence-corrected chi connectivity index (χ0v) is 54.6. The SMILES string of the molecule is CC1(C)CN(c2cc(C(F)F)cc3[nH]ncc23)CCN1S(C)(=O)=O.Clc1cc(N2CCN(c3nccs3)CC2)c2cn[nH]c2c1.NS(=O)(=O)N1CC2(CCN(c3cc(Cl)cc4[nH]ncc34)CC2)C1.O=C1CCCN1C1CCN(c2cc(Cl)cc3[nH]ncc23)CC1. The zero-order chi connectivity index (χ0) is 63.3. The van der Waals surface area contributed by atoms with Gasteiger partial charge in [0.1, 0.15) is 0 Å². The Balaban J connectivity index is 0.000000116. The standard InChI is InChI=1S/C16H19ClN4O.C15H20F2N4O2S.C14H18ClN5O2S.C14H14ClN5S/c17-11-8-14-13(10-18-19-14)15(9-11)20-6-3-12(4-7-20)21-5-1-2-16(21)22;1-15(2)9-20(4-5-21(15)24(3,22)23)13-7-10(14(16)17)6-12-11(13)8-18-19-12;15-10-5-12-11(7-17-18-12)13(6-10)19-3-1-14(2-4-19)8-20(9-14)23(16,21)22;15-10-7-12-11(9-17-18-12)13(8-10)19-2-4-20(5-3-19)14-16-1-6-21-14/h8-10,12H,1-7H2,(H,18,19);6-8,14H,4-5,9H2,1-3H3,(H,18,19);5-7H,1-4,8-9H2,(H,17,18)(H2,16,21,22);1,6-9H,2-5H2,(H,17,18).